The number of anilines is 1. The molecule has 0 heterocycles. The molecule has 174 valence electrons. The number of fused-ring (bicyclic) bond motifs is 1. The molecule has 1 amide bonds. The Balaban J connectivity index is 2.63. The van der Waals surface area contributed by atoms with Gasteiger partial charge >= 0.3 is 0 Å². The van der Waals surface area contributed by atoms with Gasteiger partial charge in [0.05, 0.1) is 5.56 Å². The molecular formula is C28H40N2O2. The van der Waals surface area contributed by atoms with Crippen molar-refractivity contribution in [1.29, 1.82) is 0 Å². The van der Waals surface area contributed by atoms with Crippen LogP contribution in [0.15, 0.2) is 30.3 Å². The van der Waals surface area contributed by atoms with Gasteiger partial charge in [-0.25, -0.2) is 0 Å². The van der Waals surface area contributed by atoms with Gasteiger partial charge in [0, 0.05) is 49.2 Å². The Morgan fingerprint density at radius 2 is 1.69 bits per heavy atom. The summed E-state index contributed by atoms with van der Waals surface area (Å²) in [4.78, 5) is 17.8. The van der Waals surface area contributed by atoms with E-state index in [4.69, 9.17) is 0 Å². The maximum absolute atomic E-state index is 13.9. The normalized spacial score (nSPS) is 12.1. The van der Waals surface area contributed by atoms with Gasteiger partial charge in [0.2, 0.25) is 0 Å². The van der Waals surface area contributed by atoms with E-state index in [9.17, 15) is 9.90 Å². The zero-order chi connectivity index (χ0) is 23.8. The molecule has 0 aromatic heterocycles. The summed E-state index contributed by atoms with van der Waals surface area (Å²) in [6.07, 6.45) is 4.36. The number of carbonyl (C=O) groups is 1. The molecule has 0 saturated heterocycles. The molecular weight excluding hydrogens is 396 g/mol. The third kappa shape index (κ3) is 6.04. The lowest BCUT2D eigenvalue weighted by atomic mass is 9.92. The maximum Gasteiger partial charge on any atom is 0.255 e. The number of nitrogens with zero attached hydrogens (tertiary/aromatic N) is 2. The quantitative estimate of drug-likeness (QED) is 0.377. The van der Waals surface area contributed by atoms with E-state index in [-0.39, 0.29) is 18.0 Å². The lowest BCUT2D eigenvalue weighted by Gasteiger charge is -2.32. The first-order chi connectivity index (χ1) is 15.2. The number of hydrogen-bond donors (Lipinski definition) is 1. The molecule has 1 unspecified atom stereocenters. The van der Waals surface area contributed by atoms with Gasteiger partial charge in [-0.15, -0.1) is 5.92 Å². The van der Waals surface area contributed by atoms with Crippen molar-refractivity contribution in [3.8, 4) is 11.8 Å². The first-order valence-electron chi connectivity index (χ1n) is 11.9. The van der Waals surface area contributed by atoms with E-state index in [2.05, 4.69) is 18.8 Å². The number of hydrogen-bond acceptors (Lipinski definition) is 3. The average molecular weight is 437 g/mol. The van der Waals surface area contributed by atoms with Crippen molar-refractivity contribution >= 4 is 22.4 Å². The van der Waals surface area contributed by atoms with Crippen molar-refractivity contribution in [3.63, 3.8) is 0 Å². The van der Waals surface area contributed by atoms with E-state index in [1.54, 1.807) is 0 Å². The van der Waals surface area contributed by atoms with Crippen LogP contribution in [0.5, 0.6) is 0 Å². The fourth-order valence-electron chi connectivity index (χ4n) is 4.29. The van der Waals surface area contributed by atoms with E-state index >= 15 is 0 Å². The van der Waals surface area contributed by atoms with Crippen LogP contribution in [0.2, 0.25) is 0 Å². The number of benzene rings is 2. The van der Waals surface area contributed by atoms with Crippen molar-refractivity contribution in [2.75, 3.05) is 19.0 Å². The second-order valence-electron chi connectivity index (χ2n) is 9.23. The Labute approximate surface area is 194 Å². The van der Waals surface area contributed by atoms with Gasteiger partial charge in [-0.3, -0.25) is 4.79 Å². The first kappa shape index (κ1) is 25.7. The number of carbonyl (C=O) groups excluding carboxylic acids is 1. The number of aliphatic hydroxyl groups excluding tert-OH is 1. The molecule has 32 heavy (non-hydrogen) atoms. The van der Waals surface area contributed by atoms with Gasteiger partial charge < -0.3 is 14.9 Å². The third-order valence-electron chi connectivity index (χ3n) is 5.79. The highest BCUT2D eigenvalue weighted by Gasteiger charge is 2.28. The van der Waals surface area contributed by atoms with E-state index in [0.29, 0.717) is 11.1 Å². The zero-order valence-corrected chi connectivity index (χ0v) is 20.9. The second-order valence-corrected chi connectivity index (χ2v) is 9.23. The maximum atomic E-state index is 13.9. The number of unbranched alkanes of at least 4 members (excludes halogenated alkanes) is 4. The van der Waals surface area contributed by atoms with Crippen LogP contribution in [-0.4, -0.2) is 42.1 Å². The van der Waals surface area contributed by atoms with E-state index in [1.807, 2.05) is 81.9 Å². The molecule has 0 bridgehead atoms. The Hall–Kier alpha value is -2.51. The Bertz CT molecular complexity index is 959. The van der Waals surface area contributed by atoms with Crippen LogP contribution in [0, 0.1) is 11.8 Å². The molecule has 2 aromatic rings. The molecule has 0 fully saturated rings. The topological polar surface area (TPSA) is 43.8 Å². The lowest BCUT2D eigenvalue weighted by Crippen LogP contribution is -2.42. The van der Waals surface area contributed by atoms with Gasteiger partial charge in [0.1, 0.15) is 6.10 Å². The van der Waals surface area contributed by atoms with Gasteiger partial charge in [-0.2, -0.15) is 0 Å². The van der Waals surface area contributed by atoms with Crippen LogP contribution in [0.1, 0.15) is 88.7 Å². The summed E-state index contributed by atoms with van der Waals surface area (Å²) in [7, 11) is 3.95. The molecule has 1 atom stereocenters. The molecule has 4 heteroatoms. The summed E-state index contributed by atoms with van der Waals surface area (Å²) in [6, 6.07) is 9.96. The van der Waals surface area contributed by atoms with Crippen LogP contribution >= 0.6 is 0 Å². The zero-order valence-electron chi connectivity index (χ0n) is 20.9. The fourth-order valence-corrected chi connectivity index (χ4v) is 4.29. The van der Waals surface area contributed by atoms with Gasteiger partial charge in [0.25, 0.3) is 5.91 Å². The first-order valence-corrected chi connectivity index (χ1v) is 11.9. The number of amides is 1. The van der Waals surface area contributed by atoms with Crippen molar-refractivity contribution in [1.82, 2.24) is 4.90 Å². The Morgan fingerprint density at radius 3 is 2.28 bits per heavy atom. The van der Waals surface area contributed by atoms with Crippen LogP contribution in [0.4, 0.5) is 5.69 Å². The highest BCUT2D eigenvalue weighted by atomic mass is 16.3. The van der Waals surface area contributed by atoms with Gasteiger partial charge in [0.15, 0.2) is 0 Å². The lowest BCUT2D eigenvalue weighted by molar-refractivity contribution is 0.0641. The number of rotatable bonds is 9. The summed E-state index contributed by atoms with van der Waals surface area (Å²) in [6.45, 7) is 10.3. The summed E-state index contributed by atoms with van der Waals surface area (Å²) < 4.78 is 0. The van der Waals surface area contributed by atoms with Crippen molar-refractivity contribution in [2.24, 2.45) is 0 Å². The predicted octanol–water partition coefficient (Wildman–Crippen LogP) is 6.17. The van der Waals surface area contributed by atoms with E-state index < -0.39 is 6.10 Å². The van der Waals surface area contributed by atoms with Crippen molar-refractivity contribution < 1.29 is 9.90 Å². The highest BCUT2D eigenvalue weighted by Crippen LogP contribution is 2.35. The van der Waals surface area contributed by atoms with E-state index in [1.165, 1.54) is 12.8 Å². The summed E-state index contributed by atoms with van der Waals surface area (Å²) in [5.74, 6) is 6.08. The highest BCUT2D eigenvalue weighted by molar-refractivity contribution is 6.13. The minimum absolute atomic E-state index is 0.0407. The molecule has 0 radical (unpaired) electrons. The fraction of sp³-hybridized carbons (Fsp3) is 0.536. The SMILES string of the molecule is CCCCCCC#CC(O)c1ccc2cccc(N(C)C)c2c1C(=O)N(C(C)C)C(C)C. The third-order valence-corrected chi connectivity index (χ3v) is 5.79. The molecule has 0 saturated carbocycles. The molecule has 2 aromatic carbocycles. The largest absolute Gasteiger partial charge is 0.377 e. The minimum atomic E-state index is -0.999. The summed E-state index contributed by atoms with van der Waals surface area (Å²) >= 11 is 0. The van der Waals surface area contributed by atoms with Crippen LogP contribution < -0.4 is 4.90 Å². The van der Waals surface area contributed by atoms with Crippen molar-refractivity contribution in [2.45, 2.75) is 84.9 Å². The van der Waals surface area contributed by atoms with Gasteiger partial charge in [-0.05, 0) is 45.6 Å². The molecule has 0 aliphatic rings. The van der Waals surface area contributed by atoms with Gasteiger partial charge in [-0.1, -0.05) is 56.4 Å². The standard InChI is InChI=1S/C28H40N2O2/c1-8-9-10-11-12-13-17-25(31)23-19-18-22-15-14-16-24(29(6)7)26(22)27(23)28(32)30(20(2)3)21(4)5/h14-16,18-21,25,31H,8-12H2,1-7H3. The molecule has 2 rings (SSSR count). The number of aliphatic hydroxyl groups is 1. The minimum Gasteiger partial charge on any atom is -0.377 e. The van der Waals surface area contributed by atoms with Crippen LogP contribution in [-0.2, 0) is 0 Å². The summed E-state index contributed by atoms with van der Waals surface area (Å²) in [5.41, 5.74) is 2.10. The van der Waals surface area contributed by atoms with Crippen LogP contribution in [0.3, 0.4) is 0 Å². The Morgan fingerprint density at radius 1 is 1.00 bits per heavy atom. The molecule has 1 N–H and O–H groups in total. The predicted molar refractivity (Wildman–Crippen MR) is 136 cm³/mol. The molecule has 0 aliphatic carbocycles. The summed E-state index contributed by atoms with van der Waals surface area (Å²) in [5, 5.41) is 12.9. The monoisotopic (exact) mass is 436 g/mol. The molecule has 0 spiro atoms. The average Bonchev–Trinajstić information content (AvgIpc) is 2.73. The second kappa shape index (κ2) is 11.9. The molecule has 4 nitrogen and oxygen atoms in total. The van der Waals surface area contributed by atoms with Crippen LogP contribution in [0.25, 0.3) is 10.8 Å². The smallest absolute Gasteiger partial charge is 0.255 e. The van der Waals surface area contributed by atoms with E-state index in [0.717, 1.165) is 35.7 Å². The Kier molecular flexibility index (Phi) is 9.60. The van der Waals surface area contributed by atoms with Crippen molar-refractivity contribution in [3.05, 3.63) is 41.5 Å². The molecule has 0 aliphatic heterocycles.